The smallest absolute Gasteiger partial charge is 0.228 e. The minimum absolute atomic E-state index is 0. The second-order valence-corrected chi connectivity index (χ2v) is 4.23. The number of aromatic nitrogens is 1. The molecule has 1 amide bonds. The highest BCUT2D eigenvalue weighted by Crippen LogP contribution is 2.11. The molecule has 1 heterocycles. The van der Waals surface area contributed by atoms with Crippen LogP contribution in [-0.4, -0.2) is 22.9 Å². The first-order chi connectivity index (χ1) is 7.13. The fourth-order valence-electron chi connectivity index (χ4n) is 1.07. The molecular formula is C10H16ClN3OS. The molecule has 90 valence electrons. The molecule has 0 spiro atoms. The molecule has 0 aliphatic carbocycles. The van der Waals surface area contributed by atoms with Crippen molar-refractivity contribution in [3.05, 3.63) is 18.3 Å². The molecule has 1 rings (SSSR count). The van der Waals surface area contributed by atoms with Crippen molar-refractivity contribution in [3.8, 4) is 0 Å². The van der Waals surface area contributed by atoms with Crippen molar-refractivity contribution in [2.24, 2.45) is 5.92 Å². The zero-order valence-electron chi connectivity index (χ0n) is 9.27. The molecule has 1 aromatic rings. The molecule has 0 fully saturated rings. The van der Waals surface area contributed by atoms with E-state index in [1.807, 2.05) is 13.2 Å². The Hall–Kier alpha value is -0.940. The minimum atomic E-state index is -0.00227. The van der Waals surface area contributed by atoms with Gasteiger partial charge in [0.15, 0.2) is 0 Å². The molecule has 0 bridgehead atoms. The molecule has 6 heteroatoms. The number of nitrogens with one attached hydrogen (secondary N) is 1. The summed E-state index contributed by atoms with van der Waals surface area (Å²) >= 11 is 1.65. The number of thioether (sulfide) groups is 1. The molecule has 0 aliphatic rings. The minimum Gasteiger partial charge on any atom is -0.384 e. The van der Waals surface area contributed by atoms with Gasteiger partial charge in [0, 0.05) is 11.7 Å². The number of hydrogen-bond donors (Lipinski definition) is 2. The van der Waals surface area contributed by atoms with Crippen LogP contribution in [0.3, 0.4) is 0 Å². The maximum absolute atomic E-state index is 11.6. The van der Waals surface area contributed by atoms with Crippen LogP contribution >= 0.6 is 24.2 Å². The normalized spacial score (nSPS) is 11.4. The van der Waals surface area contributed by atoms with Crippen LogP contribution in [0.5, 0.6) is 0 Å². The van der Waals surface area contributed by atoms with E-state index in [0.717, 1.165) is 5.75 Å². The maximum Gasteiger partial charge on any atom is 0.228 e. The standard InChI is InChI=1S/C10H15N3OS.ClH/c1-7(6-15-2)10(14)13-8-3-4-9(11)12-5-8;/h3-5,7H,6H2,1-2H3,(H2,11,12)(H,13,14);1H. The number of carbonyl (C=O) groups is 1. The highest BCUT2D eigenvalue weighted by atomic mass is 35.5. The van der Waals surface area contributed by atoms with Crippen LogP contribution in [0.15, 0.2) is 18.3 Å². The van der Waals surface area contributed by atoms with E-state index in [4.69, 9.17) is 5.73 Å². The molecular weight excluding hydrogens is 246 g/mol. The monoisotopic (exact) mass is 261 g/mol. The molecule has 0 radical (unpaired) electrons. The third kappa shape index (κ3) is 4.72. The predicted molar refractivity (Wildman–Crippen MR) is 72.1 cm³/mol. The largest absolute Gasteiger partial charge is 0.384 e. The summed E-state index contributed by atoms with van der Waals surface area (Å²) in [7, 11) is 0. The molecule has 4 nitrogen and oxygen atoms in total. The number of carbonyl (C=O) groups excluding carboxylic acids is 1. The van der Waals surface area contributed by atoms with Gasteiger partial charge in [0.1, 0.15) is 5.82 Å². The summed E-state index contributed by atoms with van der Waals surface area (Å²) in [6.45, 7) is 1.90. The van der Waals surface area contributed by atoms with Crippen molar-refractivity contribution >= 4 is 41.6 Å². The van der Waals surface area contributed by atoms with Crippen LogP contribution in [0.25, 0.3) is 0 Å². The average Bonchev–Trinajstić information content (AvgIpc) is 2.22. The predicted octanol–water partition coefficient (Wildman–Crippen LogP) is 2.02. The molecule has 3 N–H and O–H groups in total. The third-order valence-corrected chi connectivity index (χ3v) is 2.75. The first-order valence-corrected chi connectivity index (χ1v) is 6.04. The molecule has 1 atom stereocenters. The van der Waals surface area contributed by atoms with E-state index in [-0.39, 0.29) is 24.2 Å². The van der Waals surface area contributed by atoms with Gasteiger partial charge in [-0.25, -0.2) is 4.98 Å². The van der Waals surface area contributed by atoms with Crippen molar-refractivity contribution in [1.82, 2.24) is 4.98 Å². The number of anilines is 2. The summed E-state index contributed by atoms with van der Waals surface area (Å²) in [4.78, 5) is 15.5. The highest BCUT2D eigenvalue weighted by Gasteiger charge is 2.11. The fourth-order valence-corrected chi connectivity index (χ4v) is 1.72. The van der Waals surface area contributed by atoms with Crippen LogP contribution in [0.2, 0.25) is 0 Å². The van der Waals surface area contributed by atoms with Gasteiger partial charge in [0.25, 0.3) is 0 Å². The third-order valence-electron chi connectivity index (χ3n) is 1.92. The Kier molecular flexibility index (Phi) is 6.92. The van der Waals surface area contributed by atoms with Crippen molar-refractivity contribution in [1.29, 1.82) is 0 Å². The van der Waals surface area contributed by atoms with E-state index in [1.54, 1.807) is 30.1 Å². The lowest BCUT2D eigenvalue weighted by Gasteiger charge is -2.10. The van der Waals surface area contributed by atoms with Gasteiger partial charge in [-0.3, -0.25) is 4.79 Å². The number of halogens is 1. The van der Waals surface area contributed by atoms with Gasteiger partial charge in [-0.2, -0.15) is 11.8 Å². The van der Waals surface area contributed by atoms with Gasteiger partial charge in [0.05, 0.1) is 11.9 Å². The summed E-state index contributed by atoms with van der Waals surface area (Å²) in [5.74, 6) is 1.27. The van der Waals surface area contributed by atoms with E-state index >= 15 is 0 Å². The Morgan fingerprint density at radius 3 is 2.81 bits per heavy atom. The summed E-state index contributed by atoms with van der Waals surface area (Å²) < 4.78 is 0. The van der Waals surface area contributed by atoms with E-state index in [2.05, 4.69) is 10.3 Å². The Balaban J connectivity index is 0.00000225. The summed E-state index contributed by atoms with van der Waals surface area (Å²) in [6.07, 6.45) is 3.54. The summed E-state index contributed by atoms with van der Waals surface area (Å²) in [5.41, 5.74) is 6.12. The van der Waals surface area contributed by atoms with Crippen molar-refractivity contribution in [2.45, 2.75) is 6.92 Å². The Morgan fingerprint density at radius 2 is 2.31 bits per heavy atom. The van der Waals surface area contributed by atoms with Gasteiger partial charge in [-0.1, -0.05) is 6.92 Å². The van der Waals surface area contributed by atoms with Gasteiger partial charge < -0.3 is 11.1 Å². The molecule has 0 saturated carbocycles. The summed E-state index contributed by atoms with van der Waals surface area (Å²) in [5, 5.41) is 2.78. The average molecular weight is 262 g/mol. The van der Waals surface area contributed by atoms with Crippen LogP contribution in [-0.2, 0) is 4.79 Å². The van der Waals surface area contributed by atoms with E-state index in [9.17, 15) is 4.79 Å². The van der Waals surface area contributed by atoms with E-state index in [1.165, 1.54) is 0 Å². The fraction of sp³-hybridized carbons (Fsp3) is 0.400. The second-order valence-electron chi connectivity index (χ2n) is 3.32. The molecule has 0 aromatic carbocycles. The van der Waals surface area contributed by atoms with Gasteiger partial charge in [-0.05, 0) is 18.4 Å². The number of hydrogen-bond acceptors (Lipinski definition) is 4. The Bertz CT molecular complexity index is 331. The topological polar surface area (TPSA) is 68.0 Å². The summed E-state index contributed by atoms with van der Waals surface area (Å²) in [6, 6.07) is 3.40. The van der Waals surface area contributed by atoms with E-state index in [0.29, 0.717) is 11.5 Å². The van der Waals surface area contributed by atoms with Gasteiger partial charge in [0.2, 0.25) is 5.91 Å². The number of nitrogen functional groups attached to an aromatic ring is 1. The lowest BCUT2D eigenvalue weighted by atomic mass is 10.2. The van der Waals surface area contributed by atoms with Gasteiger partial charge in [-0.15, -0.1) is 12.4 Å². The van der Waals surface area contributed by atoms with Crippen molar-refractivity contribution in [3.63, 3.8) is 0 Å². The maximum atomic E-state index is 11.6. The molecule has 16 heavy (non-hydrogen) atoms. The number of rotatable bonds is 4. The van der Waals surface area contributed by atoms with Crippen LogP contribution in [0, 0.1) is 5.92 Å². The lowest BCUT2D eigenvalue weighted by Crippen LogP contribution is -2.22. The Morgan fingerprint density at radius 1 is 1.62 bits per heavy atom. The number of nitrogens with two attached hydrogens (primary N) is 1. The van der Waals surface area contributed by atoms with E-state index < -0.39 is 0 Å². The lowest BCUT2D eigenvalue weighted by molar-refractivity contribution is -0.118. The van der Waals surface area contributed by atoms with Gasteiger partial charge >= 0.3 is 0 Å². The molecule has 0 aliphatic heterocycles. The zero-order chi connectivity index (χ0) is 11.3. The first kappa shape index (κ1) is 15.1. The van der Waals surface area contributed by atoms with Crippen molar-refractivity contribution in [2.75, 3.05) is 23.1 Å². The molecule has 1 aromatic heterocycles. The second kappa shape index (κ2) is 7.35. The quantitative estimate of drug-likeness (QED) is 0.870. The molecule has 0 saturated heterocycles. The number of amides is 1. The SMILES string of the molecule is CSCC(C)C(=O)Nc1ccc(N)nc1.Cl. The van der Waals surface area contributed by atoms with Crippen LogP contribution in [0.1, 0.15) is 6.92 Å². The Labute approximate surface area is 106 Å². The van der Waals surface area contributed by atoms with Crippen LogP contribution in [0.4, 0.5) is 11.5 Å². The van der Waals surface area contributed by atoms with Crippen molar-refractivity contribution < 1.29 is 4.79 Å². The number of pyridine rings is 1. The number of nitrogens with zero attached hydrogens (tertiary/aromatic N) is 1. The van der Waals surface area contributed by atoms with Crippen LogP contribution < -0.4 is 11.1 Å². The highest BCUT2D eigenvalue weighted by molar-refractivity contribution is 7.98. The zero-order valence-corrected chi connectivity index (χ0v) is 10.9. The molecule has 1 unspecified atom stereocenters. The first-order valence-electron chi connectivity index (χ1n) is 4.65.